The maximum absolute atomic E-state index is 7.10. The quantitative estimate of drug-likeness (QED) is 0.0826. The molecular weight excluding hydrogens is 1410 g/mol. The minimum Gasteiger partial charge on any atom is -0.192 e. The van der Waals surface area contributed by atoms with E-state index in [1.54, 1.807) is 0 Å². The Morgan fingerprint density at radius 3 is 1.19 bits per heavy atom. The van der Waals surface area contributed by atoms with E-state index in [1.165, 1.54) is 0 Å². The fourth-order valence-corrected chi connectivity index (χ4v) is 15.4. The molecule has 0 N–H and O–H groups in total. The highest BCUT2D eigenvalue weighted by molar-refractivity contribution is 9.12. The standard InChI is InChI=1S/C34H3Br8Cl7N8/c1-2-11(35)3-4(12(36)19(2)43)27-51-29-7-8(16(40)23(47)22(46)15(7)39)31-53-33-10-9(17(41)24(48)25(49)18(10)42)32-52-30-6-5(13(37)20(44)21(45)14(6)38)28-50-26(3)54(27)34(55(28)30,56(29)31)57(32)33/h1H3/q+2. The summed E-state index contributed by atoms with van der Waals surface area (Å²) >= 11 is 79.7. The van der Waals surface area contributed by atoms with Crippen molar-refractivity contribution >= 4 is 265 Å². The van der Waals surface area contributed by atoms with E-state index in [0.29, 0.717) is 136 Å². The molecule has 23 heteroatoms. The monoisotopic (exact) mass is 1400 g/mol. The SMILES string of the molecule is Cc1c(Cl)c(Br)c2c3n4c(c2c1Br)=NC1=[N+]2C(=Nc5c6c(Br)c(Cl)c(Cl)c(Br)c6c6n5C42[N+]2=C(N=3)c3c(Br)c(Cl)c(Cl)c(Br)c3C2=N6)c2c(Br)c(Cl)c(Cl)c(Br)c21. The molecule has 4 aromatic carbocycles. The van der Waals surface area contributed by atoms with Crippen molar-refractivity contribution in [2.75, 3.05) is 0 Å². The van der Waals surface area contributed by atoms with Crippen molar-refractivity contribution in [3.63, 3.8) is 0 Å². The smallest absolute Gasteiger partial charge is 0.192 e. The molecule has 0 bridgehead atoms. The van der Waals surface area contributed by atoms with E-state index in [2.05, 4.69) is 146 Å². The Morgan fingerprint density at radius 2 is 0.772 bits per heavy atom. The minimum absolute atomic E-state index is 0.287. The van der Waals surface area contributed by atoms with Gasteiger partial charge < -0.3 is 0 Å². The Balaban J connectivity index is 1.47. The van der Waals surface area contributed by atoms with Gasteiger partial charge in [-0.05, 0) is 140 Å². The minimum atomic E-state index is -1.50. The number of rotatable bonds is 0. The molecule has 8 nitrogen and oxygen atoms in total. The van der Waals surface area contributed by atoms with Gasteiger partial charge in [0, 0.05) is 8.95 Å². The van der Waals surface area contributed by atoms with Crippen molar-refractivity contribution in [2.24, 2.45) is 20.0 Å². The van der Waals surface area contributed by atoms with Crippen LogP contribution in [0.5, 0.6) is 0 Å². The van der Waals surface area contributed by atoms with Crippen LogP contribution in [0.15, 0.2) is 55.8 Å². The molecule has 6 aliphatic rings. The number of fused-ring (bicyclic) bond motifs is 12. The lowest BCUT2D eigenvalue weighted by Gasteiger charge is -2.40. The first-order valence-electron chi connectivity index (χ1n) is 15.8. The Morgan fingerprint density at radius 1 is 0.421 bits per heavy atom. The van der Waals surface area contributed by atoms with Gasteiger partial charge in [0.1, 0.15) is 0 Å². The summed E-state index contributed by atoms with van der Waals surface area (Å²) in [5.74, 6) is 1.51. The maximum atomic E-state index is 7.10. The number of nitrogens with zero attached hydrogens (tertiary/aromatic N) is 8. The van der Waals surface area contributed by atoms with Gasteiger partial charge in [0.25, 0.3) is 23.3 Å². The topological polar surface area (TPSA) is 65.3 Å². The third-order valence-corrected chi connectivity index (χ3v) is 22.0. The Bertz CT molecular complexity index is 3330. The molecule has 0 fully saturated rings. The highest BCUT2D eigenvalue weighted by Crippen LogP contribution is 2.60. The second-order valence-electron chi connectivity index (χ2n) is 13.3. The van der Waals surface area contributed by atoms with Crippen LogP contribution in [0, 0.1) is 6.92 Å². The summed E-state index contributed by atoms with van der Waals surface area (Å²) in [4.78, 5) is 22.0. The molecule has 0 radical (unpaired) electrons. The summed E-state index contributed by atoms with van der Waals surface area (Å²) in [5, 5.41) is 4.99. The average molecular weight is 1410 g/mol. The molecular formula is C34H3Br8Cl7N8+2. The molecule has 1 atom stereocenters. The first-order valence-corrected chi connectivity index (χ1v) is 24.8. The van der Waals surface area contributed by atoms with E-state index in [1.807, 2.05) is 6.92 Å². The van der Waals surface area contributed by atoms with Crippen LogP contribution >= 0.6 is 209 Å². The molecule has 0 amide bonds. The molecule has 0 saturated carbocycles. The number of halogens is 15. The van der Waals surface area contributed by atoms with Gasteiger partial charge in [0.05, 0.1) is 106 Å². The van der Waals surface area contributed by atoms with Gasteiger partial charge in [-0.25, -0.2) is 0 Å². The number of amidine groups is 4. The Hall–Kier alpha value is 0.110. The van der Waals surface area contributed by atoms with Crippen molar-refractivity contribution in [1.29, 1.82) is 0 Å². The molecule has 6 aromatic rings. The number of aliphatic imine (C=N–C) groups is 2. The highest BCUT2D eigenvalue weighted by Gasteiger charge is 2.71. The van der Waals surface area contributed by atoms with Crippen molar-refractivity contribution in [3.8, 4) is 0 Å². The normalized spacial score (nSPS) is 18.6. The second-order valence-corrected chi connectivity index (χ2v) is 22.3. The summed E-state index contributed by atoms with van der Waals surface area (Å²) < 4.78 is 12.8. The van der Waals surface area contributed by atoms with Crippen LogP contribution in [-0.4, -0.2) is 41.6 Å². The summed E-state index contributed by atoms with van der Waals surface area (Å²) in [7, 11) is 0. The highest BCUT2D eigenvalue weighted by atomic mass is 79.9. The molecule has 1 spiro atoms. The van der Waals surface area contributed by atoms with E-state index in [-0.39, 0.29) is 15.1 Å². The van der Waals surface area contributed by atoms with Gasteiger partial charge in [-0.1, -0.05) is 101 Å². The van der Waals surface area contributed by atoms with Crippen LogP contribution in [0.1, 0.15) is 27.8 Å². The van der Waals surface area contributed by atoms with E-state index in [4.69, 9.17) is 101 Å². The number of aromatic nitrogens is 2. The van der Waals surface area contributed by atoms with E-state index >= 15 is 0 Å². The molecule has 282 valence electrons. The van der Waals surface area contributed by atoms with E-state index in [9.17, 15) is 0 Å². The summed E-state index contributed by atoms with van der Waals surface area (Å²) in [6.07, 6.45) is 0. The first-order chi connectivity index (χ1) is 27.0. The summed E-state index contributed by atoms with van der Waals surface area (Å²) in [6.45, 7) is 1.94. The molecule has 1 unspecified atom stereocenters. The van der Waals surface area contributed by atoms with Crippen LogP contribution in [0.4, 0.5) is 11.6 Å². The molecule has 6 aliphatic heterocycles. The van der Waals surface area contributed by atoms with Gasteiger partial charge in [-0.3, -0.25) is 0 Å². The predicted octanol–water partition coefficient (Wildman–Crippen LogP) is 14.7. The first kappa shape index (κ1) is 38.8. The zero-order valence-corrected chi connectivity index (χ0v) is 44.7. The van der Waals surface area contributed by atoms with Crippen LogP contribution in [-0.2, 0) is 5.91 Å². The Kier molecular flexibility index (Phi) is 8.31. The molecule has 12 rings (SSSR count). The molecule has 8 heterocycles. The largest absolute Gasteiger partial charge is 0.404 e. The Labute approximate surface area is 420 Å². The van der Waals surface area contributed by atoms with Crippen molar-refractivity contribution in [2.45, 2.75) is 12.8 Å². The van der Waals surface area contributed by atoms with Gasteiger partial charge in [-0.2, -0.15) is 9.13 Å². The summed E-state index contributed by atoms with van der Waals surface area (Å²) in [5.41, 5.74) is 4.48. The molecule has 2 aromatic heterocycles. The van der Waals surface area contributed by atoms with Crippen molar-refractivity contribution < 1.29 is 9.15 Å². The third-order valence-electron chi connectivity index (χ3n) is 10.9. The number of benzene rings is 4. The van der Waals surface area contributed by atoms with Crippen LogP contribution in [0.2, 0.25) is 35.2 Å². The lowest BCUT2D eigenvalue weighted by Crippen LogP contribution is -2.71. The lowest BCUT2D eigenvalue weighted by molar-refractivity contribution is -0.790. The van der Waals surface area contributed by atoms with Gasteiger partial charge in [0.15, 0.2) is 0 Å². The van der Waals surface area contributed by atoms with Crippen LogP contribution < -0.4 is 11.0 Å². The summed E-state index contributed by atoms with van der Waals surface area (Å²) in [6, 6.07) is 0. The third kappa shape index (κ3) is 4.10. The zero-order valence-electron chi connectivity index (χ0n) is 26.7. The maximum Gasteiger partial charge on any atom is 0.404 e. The van der Waals surface area contributed by atoms with Gasteiger partial charge in [-0.15, -0.1) is 9.15 Å². The number of hydrogen-bond acceptors (Lipinski definition) is 4. The second kappa shape index (κ2) is 12.2. The van der Waals surface area contributed by atoms with Crippen LogP contribution in [0.3, 0.4) is 0 Å². The van der Waals surface area contributed by atoms with Gasteiger partial charge in [0.2, 0.25) is 22.6 Å². The molecule has 0 aliphatic carbocycles. The molecule has 57 heavy (non-hydrogen) atoms. The van der Waals surface area contributed by atoms with Crippen LogP contribution in [0.25, 0.3) is 21.5 Å². The average Bonchev–Trinajstić information content (AvgIpc) is 3.92. The molecule has 0 saturated heterocycles. The van der Waals surface area contributed by atoms with E-state index < -0.39 is 5.91 Å². The fraction of sp³-hybridized carbons (Fsp3) is 0.0588. The lowest BCUT2D eigenvalue weighted by atomic mass is 10.1. The van der Waals surface area contributed by atoms with Crippen molar-refractivity contribution in [1.82, 2.24) is 9.13 Å². The van der Waals surface area contributed by atoms with E-state index in [0.717, 1.165) is 15.4 Å². The zero-order chi connectivity index (χ0) is 40.1. The van der Waals surface area contributed by atoms with Crippen molar-refractivity contribution in [3.05, 3.63) is 110 Å². The fourth-order valence-electron chi connectivity index (χ4n) is 8.63. The predicted molar refractivity (Wildman–Crippen MR) is 255 cm³/mol. The number of hydrogen-bond donors (Lipinski definition) is 0. The van der Waals surface area contributed by atoms with Gasteiger partial charge >= 0.3 is 5.91 Å².